The minimum absolute atomic E-state index is 0.219. The third kappa shape index (κ3) is 2.29. The average molecular weight is 332 g/mol. The number of benzene rings is 2. The molecule has 3 aromatic rings. The van der Waals surface area contributed by atoms with Gasteiger partial charge in [0, 0.05) is 16.5 Å². The van der Waals surface area contributed by atoms with Crippen LogP contribution >= 0.6 is 0 Å². The summed E-state index contributed by atoms with van der Waals surface area (Å²) in [5.41, 5.74) is 3.18. The Morgan fingerprint density at radius 3 is 2.44 bits per heavy atom. The molecule has 2 aromatic carbocycles. The van der Waals surface area contributed by atoms with Gasteiger partial charge in [0.05, 0.1) is 11.4 Å². The van der Waals surface area contributed by atoms with E-state index in [4.69, 9.17) is 0 Å². The van der Waals surface area contributed by atoms with Crippen LogP contribution in [0.25, 0.3) is 16.9 Å². The average Bonchev–Trinajstić information content (AvgIpc) is 2.62. The molecule has 0 amide bonds. The second kappa shape index (κ2) is 5.59. The van der Waals surface area contributed by atoms with Crippen LogP contribution in [0.15, 0.2) is 64.2 Å². The van der Waals surface area contributed by atoms with Crippen LogP contribution in [0, 0.1) is 0 Å². The number of hydrogen-bond donors (Lipinski definition) is 1. The van der Waals surface area contributed by atoms with Gasteiger partial charge in [0.15, 0.2) is 0 Å². The first-order chi connectivity index (χ1) is 12.0. The van der Waals surface area contributed by atoms with Gasteiger partial charge >= 0.3 is 5.69 Å². The van der Waals surface area contributed by atoms with Crippen LogP contribution < -0.4 is 11.2 Å². The van der Waals surface area contributed by atoms with E-state index in [2.05, 4.69) is 24.9 Å². The van der Waals surface area contributed by atoms with Crippen LogP contribution in [0.4, 0.5) is 0 Å². The maximum atomic E-state index is 13.4. The summed E-state index contributed by atoms with van der Waals surface area (Å²) >= 11 is 0. The Labute approximate surface area is 145 Å². The van der Waals surface area contributed by atoms with Gasteiger partial charge in [0.2, 0.25) is 0 Å². The first kappa shape index (κ1) is 15.6. The molecule has 1 aliphatic carbocycles. The number of fused-ring (bicyclic) bond motifs is 3. The molecule has 1 atom stereocenters. The minimum atomic E-state index is -0.398. The molecule has 1 heterocycles. The van der Waals surface area contributed by atoms with Crippen molar-refractivity contribution in [3.05, 3.63) is 86.6 Å². The van der Waals surface area contributed by atoms with Crippen LogP contribution in [0.2, 0.25) is 0 Å². The monoisotopic (exact) mass is 332 g/mol. The molecule has 0 radical (unpaired) electrons. The topological polar surface area (TPSA) is 54.9 Å². The van der Waals surface area contributed by atoms with Crippen molar-refractivity contribution >= 4 is 0 Å². The number of para-hydroxylation sites is 1. The molecular weight excluding hydrogens is 312 g/mol. The van der Waals surface area contributed by atoms with Crippen molar-refractivity contribution in [1.82, 2.24) is 9.55 Å². The number of hydrogen-bond acceptors (Lipinski definition) is 2. The Morgan fingerprint density at radius 1 is 1.04 bits per heavy atom. The SMILES string of the molecule is CC[C@]1(C)Cc2ccccc2-c2[nH]c(=O)n(-c3ccccc3)c(=O)c21. The summed E-state index contributed by atoms with van der Waals surface area (Å²) in [6.45, 7) is 4.20. The lowest BCUT2D eigenvalue weighted by Crippen LogP contribution is -2.44. The summed E-state index contributed by atoms with van der Waals surface area (Å²) in [6.07, 6.45) is 1.62. The van der Waals surface area contributed by atoms with Crippen molar-refractivity contribution in [2.24, 2.45) is 0 Å². The van der Waals surface area contributed by atoms with Crippen molar-refractivity contribution in [1.29, 1.82) is 0 Å². The summed E-state index contributed by atoms with van der Waals surface area (Å²) in [5.74, 6) is 0. The lowest BCUT2D eigenvalue weighted by Gasteiger charge is -2.35. The van der Waals surface area contributed by atoms with E-state index in [9.17, 15) is 9.59 Å². The molecule has 0 fully saturated rings. The van der Waals surface area contributed by atoms with Crippen molar-refractivity contribution in [2.45, 2.75) is 32.1 Å². The Hall–Kier alpha value is -2.88. The smallest absolute Gasteiger partial charge is 0.306 e. The Balaban J connectivity index is 2.11. The van der Waals surface area contributed by atoms with Crippen LogP contribution in [0.1, 0.15) is 31.4 Å². The van der Waals surface area contributed by atoms with E-state index in [0.717, 1.165) is 18.4 Å². The highest BCUT2D eigenvalue weighted by Gasteiger charge is 2.37. The first-order valence-corrected chi connectivity index (χ1v) is 8.58. The fourth-order valence-electron chi connectivity index (χ4n) is 3.84. The van der Waals surface area contributed by atoms with Gasteiger partial charge in [-0.2, -0.15) is 0 Å². The van der Waals surface area contributed by atoms with Gasteiger partial charge in [-0.05, 0) is 30.5 Å². The molecule has 1 aliphatic rings. The van der Waals surface area contributed by atoms with E-state index in [0.29, 0.717) is 16.9 Å². The predicted molar refractivity (Wildman–Crippen MR) is 99.4 cm³/mol. The number of rotatable bonds is 2. The maximum absolute atomic E-state index is 13.4. The zero-order valence-corrected chi connectivity index (χ0v) is 14.4. The Morgan fingerprint density at radius 2 is 1.72 bits per heavy atom. The van der Waals surface area contributed by atoms with Crippen molar-refractivity contribution in [3.63, 3.8) is 0 Å². The van der Waals surface area contributed by atoms with Crippen molar-refractivity contribution in [3.8, 4) is 16.9 Å². The van der Waals surface area contributed by atoms with E-state index < -0.39 is 5.69 Å². The molecular formula is C21H20N2O2. The lowest BCUT2D eigenvalue weighted by molar-refractivity contribution is 0.437. The highest BCUT2D eigenvalue weighted by Crippen LogP contribution is 2.41. The normalized spacial score (nSPS) is 18.5. The molecule has 4 rings (SSSR count). The molecule has 4 heteroatoms. The van der Waals surface area contributed by atoms with Crippen LogP contribution in [-0.2, 0) is 11.8 Å². The van der Waals surface area contributed by atoms with Crippen molar-refractivity contribution < 1.29 is 0 Å². The molecule has 4 nitrogen and oxygen atoms in total. The number of nitrogens with zero attached hydrogens (tertiary/aromatic N) is 1. The maximum Gasteiger partial charge on any atom is 0.333 e. The molecule has 126 valence electrons. The van der Waals surface area contributed by atoms with Crippen molar-refractivity contribution in [2.75, 3.05) is 0 Å². The highest BCUT2D eigenvalue weighted by molar-refractivity contribution is 5.71. The van der Waals surface area contributed by atoms with Crippen LogP contribution in [-0.4, -0.2) is 9.55 Å². The number of aromatic nitrogens is 2. The molecule has 0 bridgehead atoms. The molecule has 0 spiro atoms. The second-order valence-corrected chi connectivity index (χ2v) is 6.90. The molecule has 1 aromatic heterocycles. The molecule has 0 unspecified atom stereocenters. The van der Waals surface area contributed by atoms with E-state index in [-0.39, 0.29) is 11.0 Å². The van der Waals surface area contributed by atoms with Crippen LogP contribution in [0.3, 0.4) is 0 Å². The molecule has 0 aliphatic heterocycles. The third-order valence-electron chi connectivity index (χ3n) is 5.37. The summed E-state index contributed by atoms with van der Waals surface area (Å²) in [6, 6.07) is 17.1. The van der Waals surface area contributed by atoms with E-state index >= 15 is 0 Å². The van der Waals surface area contributed by atoms with E-state index in [1.165, 1.54) is 10.1 Å². The lowest BCUT2D eigenvalue weighted by atomic mass is 9.69. The third-order valence-corrected chi connectivity index (χ3v) is 5.37. The predicted octanol–water partition coefficient (Wildman–Crippen LogP) is 3.42. The number of H-pyrrole nitrogens is 1. The zero-order valence-electron chi connectivity index (χ0n) is 14.4. The summed E-state index contributed by atoms with van der Waals surface area (Å²) in [5, 5.41) is 0. The molecule has 1 N–H and O–H groups in total. The fourth-order valence-corrected chi connectivity index (χ4v) is 3.84. The minimum Gasteiger partial charge on any atom is -0.306 e. The summed E-state index contributed by atoms with van der Waals surface area (Å²) < 4.78 is 1.25. The summed E-state index contributed by atoms with van der Waals surface area (Å²) in [7, 11) is 0. The van der Waals surface area contributed by atoms with Crippen LogP contribution in [0.5, 0.6) is 0 Å². The summed E-state index contributed by atoms with van der Waals surface area (Å²) in [4.78, 5) is 29.1. The molecule has 0 saturated heterocycles. The van der Waals surface area contributed by atoms with Gasteiger partial charge < -0.3 is 4.98 Å². The Bertz CT molecular complexity index is 1060. The largest absolute Gasteiger partial charge is 0.333 e. The van der Waals surface area contributed by atoms with E-state index in [1.807, 2.05) is 36.4 Å². The number of aromatic amines is 1. The van der Waals surface area contributed by atoms with Gasteiger partial charge in [0.1, 0.15) is 0 Å². The van der Waals surface area contributed by atoms with E-state index in [1.54, 1.807) is 12.1 Å². The van der Waals surface area contributed by atoms with Gasteiger partial charge in [-0.3, -0.25) is 4.79 Å². The second-order valence-electron chi connectivity index (χ2n) is 6.90. The zero-order chi connectivity index (χ0) is 17.6. The quantitative estimate of drug-likeness (QED) is 0.782. The van der Waals surface area contributed by atoms with Gasteiger partial charge in [0.25, 0.3) is 5.56 Å². The Kier molecular flexibility index (Phi) is 3.49. The van der Waals surface area contributed by atoms with Gasteiger partial charge in [-0.15, -0.1) is 0 Å². The van der Waals surface area contributed by atoms with Gasteiger partial charge in [-0.25, -0.2) is 9.36 Å². The first-order valence-electron chi connectivity index (χ1n) is 8.58. The molecule has 25 heavy (non-hydrogen) atoms. The standard InChI is InChI=1S/C21H20N2O2/c1-3-21(2)13-14-9-7-8-12-16(14)18-17(21)19(24)23(20(25)22-18)15-10-5-4-6-11-15/h4-12H,3,13H2,1-2H3,(H,22,25)/t21-/m1/s1. The van der Waals surface area contributed by atoms with Gasteiger partial charge in [-0.1, -0.05) is 56.3 Å². The molecule has 0 saturated carbocycles. The number of nitrogens with one attached hydrogen (secondary N) is 1. The highest BCUT2D eigenvalue weighted by atomic mass is 16.2. The fraction of sp³-hybridized carbons (Fsp3) is 0.238.